The van der Waals surface area contributed by atoms with E-state index in [9.17, 15) is 14.4 Å². The van der Waals surface area contributed by atoms with Crippen LogP contribution in [0.25, 0.3) is 0 Å². The minimum absolute atomic E-state index is 0.0468. The van der Waals surface area contributed by atoms with Crippen LogP contribution >= 0.6 is 45.8 Å². The highest BCUT2D eigenvalue weighted by Gasteiger charge is 2.39. The summed E-state index contributed by atoms with van der Waals surface area (Å²) in [6.45, 7) is 1.82. The highest BCUT2D eigenvalue weighted by molar-refractivity contribution is 14.1. The van der Waals surface area contributed by atoms with Crippen LogP contribution in [0, 0.1) is 10.5 Å². The standard InChI is InChI=1S/C24H16Cl2IN3O3/c1-13-2-11-18(12-19(13)25)30-23(32)20(26)21(24(30)33)28-16-7-3-14(4-8-16)22(31)29-17-9-5-15(27)6-10-17/h2-12,28H,1H3,(H,29,31). The summed E-state index contributed by atoms with van der Waals surface area (Å²) >= 11 is 14.5. The number of nitrogens with one attached hydrogen (secondary N) is 2. The van der Waals surface area contributed by atoms with Gasteiger partial charge in [0.05, 0.1) is 5.69 Å². The van der Waals surface area contributed by atoms with Crippen molar-refractivity contribution in [1.82, 2.24) is 0 Å². The number of imide groups is 1. The Kier molecular flexibility index (Phi) is 6.73. The van der Waals surface area contributed by atoms with Gasteiger partial charge in [-0.3, -0.25) is 14.4 Å². The van der Waals surface area contributed by atoms with Crippen LogP contribution in [-0.2, 0) is 9.59 Å². The van der Waals surface area contributed by atoms with Crippen molar-refractivity contribution >= 4 is 80.6 Å². The van der Waals surface area contributed by atoms with Gasteiger partial charge in [0, 0.05) is 25.5 Å². The van der Waals surface area contributed by atoms with E-state index < -0.39 is 11.8 Å². The Morgan fingerprint density at radius 3 is 2.15 bits per heavy atom. The molecule has 0 radical (unpaired) electrons. The third kappa shape index (κ3) is 4.90. The molecule has 0 spiro atoms. The first-order valence-corrected chi connectivity index (χ1v) is 11.6. The van der Waals surface area contributed by atoms with E-state index in [0.717, 1.165) is 14.0 Å². The van der Waals surface area contributed by atoms with Gasteiger partial charge < -0.3 is 10.6 Å². The lowest BCUT2D eigenvalue weighted by Crippen LogP contribution is -2.32. The van der Waals surface area contributed by atoms with Crippen LogP contribution in [0.4, 0.5) is 17.1 Å². The van der Waals surface area contributed by atoms with Gasteiger partial charge in [0.2, 0.25) is 0 Å². The molecule has 0 bridgehead atoms. The van der Waals surface area contributed by atoms with E-state index >= 15 is 0 Å². The normalized spacial score (nSPS) is 13.5. The van der Waals surface area contributed by atoms with Crippen LogP contribution in [0.5, 0.6) is 0 Å². The largest absolute Gasteiger partial charge is 0.350 e. The Bertz CT molecular complexity index is 1310. The average Bonchev–Trinajstić information content (AvgIpc) is 3.01. The Balaban J connectivity index is 1.48. The predicted octanol–water partition coefficient (Wildman–Crippen LogP) is 5.94. The third-order valence-corrected chi connectivity index (χ3v) is 6.44. The Labute approximate surface area is 213 Å². The van der Waals surface area contributed by atoms with E-state index in [1.54, 1.807) is 42.5 Å². The molecule has 0 atom stereocenters. The van der Waals surface area contributed by atoms with Crippen LogP contribution in [0.1, 0.15) is 15.9 Å². The van der Waals surface area contributed by atoms with E-state index in [0.29, 0.717) is 27.6 Å². The van der Waals surface area contributed by atoms with Crippen molar-refractivity contribution in [1.29, 1.82) is 0 Å². The molecule has 0 saturated heterocycles. The minimum atomic E-state index is -0.641. The van der Waals surface area contributed by atoms with E-state index in [2.05, 4.69) is 33.2 Å². The van der Waals surface area contributed by atoms with E-state index in [4.69, 9.17) is 23.2 Å². The fourth-order valence-corrected chi connectivity index (χ4v) is 3.90. The number of hydrogen-bond donors (Lipinski definition) is 2. The van der Waals surface area contributed by atoms with Gasteiger partial charge in [0.15, 0.2) is 0 Å². The van der Waals surface area contributed by atoms with Crippen LogP contribution in [0.2, 0.25) is 5.02 Å². The minimum Gasteiger partial charge on any atom is -0.350 e. The quantitative estimate of drug-likeness (QED) is 0.284. The molecular weight excluding hydrogens is 576 g/mol. The second-order valence-corrected chi connectivity index (χ2v) is 9.26. The van der Waals surface area contributed by atoms with Crippen molar-refractivity contribution in [2.45, 2.75) is 6.92 Å². The first kappa shape index (κ1) is 23.3. The molecule has 1 aliphatic rings. The van der Waals surface area contributed by atoms with Crippen molar-refractivity contribution in [2.75, 3.05) is 15.5 Å². The zero-order chi connectivity index (χ0) is 23.7. The maximum absolute atomic E-state index is 12.9. The molecule has 166 valence electrons. The zero-order valence-electron chi connectivity index (χ0n) is 17.2. The number of benzene rings is 3. The van der Waals surface area contributed by atoms with Crippen LogP contribution in [-0.4, -0.2) is 17.7 Å². The van der Waals surface area contributed by atoms with Gasteiger partial charge in [-0.25, -0.2) is 4.90 Å². The monoisotopic (exact) mass is 591 g/mol. The summed E-state index contributed by atoms with van der Waals surface area (Å²) in [5.41, 5.74) is 2.73. The maximum Gasteiger partial charge on any atom is 0.283 e. The summed E-state index contributed by atoms with van der Waals surface area (Å²) in [7, 11) is 0. The molecule has 4 rings (SSSR count). The van der Waals surface area contributed by atoms with Crippen LogP contribution < -0.4 is 15.5 Å². The van der Waals surface area contributed by atoms with Gasteiger partial charge >= 0.3 is 0 Å². The molecule has 9 heteroatoms. The number of nitrogens with zero attached hydrogens (tertiary/aromatic N) is 1. The molecule has 2 N–H and O–H groups in total. The predicted molar refractivity (Wildman–Crippen MR) is 139 cm³/mol. The van der Waals surface area contributed by atoms with Crippen molar-refractivity contribution < 1.29 is 14.4 Å². The lowest BCUT2D eigenvalue weighted by atomic mass is 10.2. The van der Waals surface area contributed by atoms with Gasteiger partial charge in [-0.2, -0.15) is 0 Å². The van der Waals surface area contributed by atoms with E-state index in [1.807, 2.05) is 31.2 Å². The smallest absolute Gasteiger partial charge is 0.283 e. The van der Waals surface area contributed by atoms with Crippen molar-refractivity contribution in [3.63, 3.8) is 0 Å². The van der Waals surface area contributed by atoms with E-state index in [1.165, 1.54) is 0 Å². The van der Waals surface area contributed by atoms with Crippen molar-refractivity contribution in [2.24, 2.45) is 0 Å². The fraction of sp³-hybridized carbons (Fsp3) is 0.0417. The van der Waals surface area contributed by atoms with Crippen molar-refractivity contribution in [3.05, 3.63) is 97.2 Å². The molecule has 0 aromatic heterocycles. The number of rotatable bonds is 5. The highest BCUT2D eigenvalue weighted by atomic mass is 127. The molecule has 0 fully saturated rings. The third-order valence-electron chi connectivity index (χ3n) is 4.96. The summed E-state index contributed by atoms with van der Waals surface area (Å²) in [6.07, 6.45) is 0. The first-order chi connectivity index (χ1) is 15.7. The Hall–Kier alpha value is -2.88. The SMILES string of the molecule is Cc1ccc(N2C(=O)C(Cl)=C(Nc3ccc(C(=O)Nc4ccc(I)cc4)cc3)C2=O)cc1Cl. The molecule has 3 aromatic carbocycles. The lowest BCUT2D eigenvalue weighted by molar-refractivity contribution is -0.120. The molecular formula is C24H16Cl2IN3O3. The van der Waals surface area contributed by atoms with Gasteiger partial charge in [0.25, 0.3) is 17.7 Å². The number of amides is 3. The number of anilines is 3. The molecule has 1 aliphatic heterocycles. The topological polar surface area (TPSA) is 78.5 Å². The average molecular weight is 592 g/mol. The Morgan fingerprint density at radius 1 is 0.879 bits per heavy atom. The first-order valence-electron chi connectivity index (χ1n) is 9.73. The zero-order valence-corrected chi connectivity index (χ0v) is 20.8. The van der Waals surface area contributed by atoms with Gasteiger partial charge in [-0.15, -0.1) is 0 Å². The van der Waals surface area contributed by atoms with Crippen LogP contribution in [0.15, 0.2) is 77.5 Å². The maximum atomic E-state index is 12.9. The molecule has 0 saturated carbocycles. The second kappa shape index (κ2) is 9.54. The van der Waals surface area contributed by atoms with Gasteiger partial charge in [0.1, 0.15) is 10.7 Å². The molecule has 0 aliphatic carbocycles. The Morgan fingerprint density at radius 2 is 1.52 bits per heavy atom. The van der Waals surface area contributed by atoms with Crippen molar-refractivity contribution in [3.8, 4) is 0 Å². The fourth-order valence-electron chi connectivity index (χ4n) is 3.15. The summed E-state index contributed by atoms with van der Waals surface area (Å²) in [4.78, 5) is 39.0. The number of aryl methyl sites for hydroxylation is 1. The molecule has 3 amide bonds. The number of halogens is 3. The molecule has 33 heavy (non-hydrogen) atoms. The summed E-state index contributed by atoms with van der Waals surface area (Å²) in [5.74, 6) is -1.50. The number of hydrogen-bond acceptors (Lipinski definition) is 4. The number of carbonyl (C=O) groups is 3. The summed E-state index contributed by atoms with van der Waals surface area (Å²) < 4.78 is 1.07. The van der Waals surface area contributed by atoms with E-state index in [-0.39, 0.29) is 16.6 Å². The molecule has 0 unspecified atom stereocenters. The number of carbonyl (C=O) groups excluding carboxylic acids is 3. The summed E-state index contributed by atoms with van der Waals surface area (Å²) in [6, 6.07) is 18.8. The molecule has 6 nitrogen and oxygen atoms in total. The van der Waals surface area contributed by atoms with Gasteiger partial charge in [-0.1, -0.05) is 29.3 Å². The molecule has 3 aromatic rings. The molecule has 1 heterocycles. The second-order valence-electron chi connectivity index (χ2n) is 7.23. The van der Waals surface area contributed by atoms with Gasteiger partial charge in [-0.05, 0) is 95.7 Å². The highest BCUT2D eigenvalue weighted by Crippen LogP contribution is 2.32. The van der Waals surface area contributed by atoms with Crippen LogP contribution in [0.3, 0.4) is 0 Å². The summed E-state index contributed by atoms with van der Waals surface area (Å²) in [5, 5.41) is 5.92. The lowest BCUT2D eigenvalue weighted by Gasteiger charge is -2.16.